The summed E-state index contributed by atoms with van der Waals surface area (Å²) in [4.78, 5) is 27.3. The third-order valence-electron chi connectivity index (χ3n) is 4.07. The molecule has 2 fully saturated rings. The molecule has 114 valence electrons. The largest absolute Gasteiger partial charge is 0.395 e. The van der Waals surface area contributed by atoms with Crippen LogP contribution in [0.3, 0.4) is 0 Å². The second kappa shape index (κ2) is 7.04. The van der Waals surface area contributed by atoms with Gasteiger partial charge >= 0.3 is 0 Å². The molecule has 0 unspecified atom stereocenters. The van der Waals surface area contributed by atoms with Crippen molar-refractivity contribution in [2.45, 2.75) is 44.2 Å². The fourth-order valence-corrected chi connectivity index (χ4v) is 2.37. The van der Waals surface area contributed by atoms with Crippen LogP contribution in [0.4, 0.5) is 0 Å². The van der Waals surface area contributed by atoms with Crippen LogP contribution in [0.25, 0.3) is 0 Å². The van der Waals surface area contributed by atoms with Gasteiger partial charge in [0.25, 0.3) is 0 Å². The fourth-order valence-electron chi connectivity index (χ4n) is 2.37. The smallest absolute Gasteiger partial charge is 0.239 e. The third kappa shape index (κ3) is 4.45. The summed E-state index contributed by atoms with van der Waals surface area (Å²) in [7, 11) is 1.66. The maximum absolute atomic E-state index is 12.1. The van der Waals surface area contributed by atoms with Gasteiger partial charge in [0.2, 0.25) is 11.8 Å². The number of aliphatic hydroxyl groups is 1. The van der Waals surface area contributed by atoms with Crippen molar-refractivity contribution < 1.29 is 14.7 Å². The Morgan fingerprint density at radius 2 is 1.90 bits per heavy atom. The molecule has 0 aromatic rings. The highest BCUT2D eigenvalue weighted by Gasteiger charge is 2.28. The summed E-state index contributed by atoms with van der Waals surface area (Å²) in [5.41, 5.74) is 0. The average Bonchev–Trinajstić information content (AvgIpc) is 3.10. The predicted molar refractivity (Wildman–Crippen MR) is 75.1 cm³/mol. The zero-order valence-electron chi connectivity index (χ0n) is 12.2. The van der Waals surface area contributed by atoms with E-state index in [0.29, 0.717) is 25.2 Å². The molecule has 2 aliphatic carbocycles. The first-order valence-electron chi connectivity index (χ1n) is 7.48. The summed E-state index contributed by atoms with van der Waals surface area (Å²) in [6, 6.07) is 0.742. The molecule has 2 aliphatic rings. The van der Waals surface area contributed by atoms with E-state index in [1.54, 1.807) is 7.05 Å². The summed E-state index contributed by atoms with van der Waals surface area (Å²) in [6.07, 6.45) is 5.49. The van der Waals surface area contributed by atoms with Crippen LogP contribution in [-0.4, -0.2) is 72.1 Å². The first kappa shape index (κ1) is 15.3. The van der Waals surface area contributed by atoms with Gasteiger partial charge in [0.1, 0.15) is 0 Å². The van der Waals surface area contributed by atoms with E-state index in [1.807, 2.05) is 4.90 Å². The molecule has 0 aromatic heterocycles. The van der Waals surface area contributed by atoms with Gasteiger partial charge in [-0.3, -0.25) is 14.5 Å². The molecule has 20 heavy (non-hydrogen) atoms. The molecule has 0 aliphatic heterocycles. The first-order chi connectivity index (χ1) is 9.60. The highest BCUT2D eigenvalue weighted by atomic mass is 16.3. The van der Waals surface area contributed by atoms with Crippen molar-refractivity contribution in [1.29, 1.82) is 0 Å². The van der Waals surface area contributed by atoms with E-state index < -0.39 is 0 Å². The molecule has 0 heterocycles. The van der Waals surface area contributed by atoms with Gasteiger partial charge in [-0.25, -0.2) is 0 Å². The van der Waals surface area contributed by atoms with Crippen molar-refractivity contribution in [1.82, 2.24) is 15.1 Å². The van der Waals surface area contributed by atoms with Gasteiger partial charge in [0.05, 0.1) is 19.7 Å². The Morgan fingerprint density at radius 1 is 1.20 bits per heavy atom. The molecule has 6 nitrogen and oxygen atoms in total. The Morgan fingerprint density at radius 3 is 2.40 bits per heavy atom. The van der Waals surface area contributed by atoms with Gasteiger partial charge in [0, 0.05) is 25.7 Å². The summed E-state index contributed by atoms with van der Waals surface area (Å²) in [5.74, 6) is -0.142. The molecule has 6 heteroatoms. The van der Waals surface area contributed by atoms with Crippen molar-refractivity contribution >= 4 is 11.8 Å². The number of amides is 2. The van der Waals surface area contributed by atoms with E-state index >= 15 is 0 Å². The molecule has 0 bridgehead atoms. The van der Waals surface area contributed by atoms with Crippen molar-refractivity contribution in [3.63, 3.8) is 0 Å². The summed E-state index contributed by atoms with van der Waals surface area (Å²) in [5, 5.41) is 12.0. The lowest BCUT2D eigenvalue weighted by atomic mass is 9.91. The standard InChI is InChI=1S/C14H25N3O3/c1-16(9-13(19)15-11-5-6-11)14(20)10-17(7-8-18)12-3-2-4-12/h11-12,18H,2-10H2,1H3,(H,15,19). The minimum atomic E-state index is -0.0827. The number of hydrogen-bond donors (Lipinski definition) is 2. The number of likely N-dealkylation sites (N-methyl/N-ethyl adjacent to an activating group) is 1. The fraction of sp³-hybridized carbons (Fsp3) is 0.857. The number of nitrogens with one attached hydrogen (secondary N) is 1. The third-order valence-corrected chi connectivity index (χ3v) is 4.07. The SMILES string of the molecule is CN(CC(=O)NC1CC1)C(=O)CN(CCO)C1CCC1. The lowest BCUT2D eigenvalue weighted by Crippen LogP contribution is -2.49. The molecule has 0 saturated heterocycles. The molecule has 0 spiro atoms. The molecule has 0 radical (unpaired) electrons. The van der Waals surface area contributed by atoms with E-state index in [2.05, 4.69) is 5.32 Å². The van der Waals surface area contributed by atoms with Crippen molar-refractivity contribution in [2.24, 2.45) is 0 Å². The zero-order chi connectivity index (χ0) is 14.5. The molecule has 2 amide bonds. The van der Waals surface area contributed by atoms with Crippen molar-refractivity contribution in [2.75, 3.05) is 33.3 Å². The van der Waals surface area contributed by atoms with Gasteiger partial charge in [-0.2, -0.15) is 0 Å². The first-order valence-corrected chi connectivity index (χ1v) is 7.48. The van der Waals surface area contributed by atoms with E-state index in [-0.39, 0.29) is 25.0 Å². The normalized spacial score (nSPS) is 18.8. The number of carbonyl (C=O) groups is 2. The van der Waals surface area contributed by atoms with Crippen LogP contribution in [0.15, 0.2) is 0 Å². The highest BCUT2D eigenvalue weighted by Crippen LogP contribution is 2.24. The Hall–Kier alpha value is -1.14. The molecular formula is C14H25N3O3. The van der Waals surface area contributed by atoms with Crippen LogP contribution in [0.1, 0.15) is 32.1 Å². The number of rotatable bonds is 8. The van der Waals surface area contributed by atoms with Crippen molar-refractivity contribution in [3.8, 4) is 0 Å². The molecule has 2 N–H and O–H groups in total. The minimum absolute atomic E-state index is 0.0590. The Kier molecular flexibility index (Phi) is 5.37. The molecule has 2 rings (SSSR count). The van der Waals surface area contributed by atoms with E-state index in [9.17, 15) is 9.59 Å². The number of aliphatic hydroxyl groups excluding tert-OH is 1. The maximum atomic E-state index is 12.1. The van der Waals surface area contributed by atoms with Gasteiger partial charge < -0.3 is 15.3 Å². The van der Waals surface area contributed by atoms with Crippen LogP contribution in [-0.2, 0) is 9.59 Å². The van der Waals surface area contributed by atoms with E-state index in [0.717, 1.165) is 25.7 Å². The summed E-state index contributed by atoms with van der Waals surface area (Å²) < 4.78 is 0. The van der Waals surface area contributed by atoms with Crippen LogP contribution >= 0.6 is 0 Å². The van der Waals surface area contributed by atoms with Gasteiger partial charge in [-0.1, -0.05) is 6.42 Å². The number of nitrogens with zero attached hydrogens (tertiary/aromatic N) is 2. The summed E-state index contributed by atoms with van der Waals surface area (Å²) >= 11 is 0. The lowest BCUT2D eigenvalue weighted by molar-refractivity contribution is -0.136. The topological polar surface area (TPSA) is 72.9 Å². The Bertz CT molecular complexity index is 354. The zero-order valence-corrected chi connectivity index (χ0v) is 12.2. The molecule has 0 atom stereocenters. The predicted octanol–water partition coefficient (Wildman–Crippen LogP) is -0.430. The minimum Gasteiger partial charge on any atom is -0.395 e. The number of carbonyl (C=O) groups excluding carboxylic acids is 2. The molecule has 2 saturated carbocycles. The summed E-state index contributed by atoms with van der Waals surface area (Å²) in [6.45, 7) is 1.000. The molecular weight excluding hydrogens is 258 g/mol. The van der Waals surface area contributed by atoms with Crippen LogP contribution < -0.4 is 5.32 Å². The van der Waals surface area contributed by atoms with Crippen LogP contribution in [0, 0.1) is 0 Å². The average molecular weight is 283 g/mol. The Balaban J connectivity index is 1.74. The Labute approximate surface area is 120 Å². The highest BCUT2D eigenvalue weighted by molar-refractivity contribution is 5.85. The molecule has 0 aromatic carbocycles. The van der Waals surface area contributed by atoms with Gasteiger partial charge in [0.15, 0.2) is 0 Å². The van der Waals surface area contributed by atoms with E-state index in [4.69, 9.17) is 5.11 Å². The maximum Gasteiger partial charge on any atom is 0.239 e. The lowest BCUT2D eigenvalue weighted by Gasteiger charge is -2.37. The van der Waals surface area contributed by atoms with Gasteiger partial charge in [-0.15, -0.1) is 0 Å². The number of hydrogen-bond acceptors (Lipinski definition) is 4. The van der Waals surface area contributed by atoms with Crippen LogP contribution in [0.2, 0.25) is 0 Å². The monoisotopic (exact) mass is 283 g/mol. The van der Waals surface area contributed by atoms with Crippen LogP contribution in [0.5, 0.6) is 0 Å². The quantitative estimate of drug-likeness (QED) is 0.634. The van der Waals surface area contributed by atoms with Crippen molar-refractivity contribution in [3.05, 3.63) is 0 Å². The second-order valence-corrected chi connectivity index (χ2v) is 5.87. The van der Waals surface area contributed by atoms with E-state index in [1.165, 1.54) is 11.3 Å². The van der Waals surface area contributed by atoms with Gasteiger partial charge in [-0.05, 0) is 25.7 Å². The second-order valence-electron chi connectivity index (χ2n) is 5.87.